The predicted octanol–water partition coefficient (Wildman–Crippen LogP) is 4.13. The van der Waals surface area contributed by atoms with Crippen molar-refractivity contribution in [1.29, 1.82) is 5.26 Å². The first-order valence-corrected chi connectivity index (χ1v) is 8.55. The number of halogens is 3. The Hall–Kier alpha value is -3.05. The van der Waals surface area contributed by atoms with E-state index in [1.807, 2.05) is 49.2 Å². The second kappa shape index (κ2) is 9.24. The third-order valence-corrected chi connectivity index (χ3v) is 4.06. The first-order valence-electron chi connectivity index (χ1n) is 8.55. The Morgan fingerprint density at radius 3 is 2.50 bits per heavy atom. The SMILES string of the molecule is CCN(C)C(C(=O)Nc1ccc(OCC(F)(F)F)c(C#N)c1)c1ccccc1. The summed E-state index contributed by atoms with van der Waals surface area (Å²) >= 11 is 0. The average molecular weight is 391 g/mol. The van der Waals surface area contributed by atoms with Gasteiger partial charge in [0.1, 0.15) is 17.9 Å². The minimum Gasteiger partial charge on any atom is -0.483 e. The number of nitrogens with zero attached hydrogens (tertiary/aromatic N) is 2. The van der Waals surface area contributed by atoms with Gasteiger partial charge in [0.05, 0.1) is 5.56 Å². The molecule has 0 spiro atoms. The minimum atomic E-state index is -4.51. The Morgan fingerprint density at radius 1 is 1.25 bits per heavy atom. The number of ether oxygens (including phenoxy) is 1. The van der Waals surface area contributed by atoms with E-state index < -0.39 is 18.8 Å². The maximum Gasteiger partial charge on any atom is 0.422 e. The molecule has 0 aliphatic rings. The average Bonchev–Trinajstić information content (AvgIpc) is 2.67. The van der Waals surface area contributed by atoms with Crippen LogP contribution in [-0.2, 0) is 4.79 Å². The summed E-state index contributed by atoms with van der Waals surface area (Å²) in [5, 5.41) is 11.9. The molecule has 1 amide bonds. The molecule has 28 heavy (non-hydrogen) atoms. The van der Waals surface area contributed by atoms with Crippen molar-refractivity contribution >= 4 is 11.6 Å². The minimum absolute atomic E-state index is 0.0952. The topological polar surface area (TPSA) is 65.4 Å². The Balaban J connectivity index is 2.21. The van der Waals surface area contributed by atoms with E-state index in [0.717, 1.165) is 5.56 Å². The van der Waals surface area contributed by atoms with Crippen molar-refractivity contribution in [3.05, 3.63) is 59.7 Å². The van der Waals surface area contributed by atoms with Crippen molar-refractivity contribution in [3.8, 4) is 11.8 Å². The van der Waals surface area contributed by atoms with Crippen molar-refractivity contribution in [1.82, 2.24) is 4.90 Å². The maximum atomic E-state index is 12.8. The lowest BCUT2D eigenvalue weighted by atomic mass is 10.0. The molecular formula is C20H20F3N3O2. The quantitative estimate of drug-likeness (QED) is 0.771. The molecule has 0 aromatic heterocycles. The number of nitrogens with one attached hydrogen (secondary N) is 1. The number of alkyl halides is 3. The summed E-state index contributed by atoms with van der Waals surface area (Å²) < 4.78 is 41.6. The number of nitriles is 1. The van der Waals surface area contributed by atoms with Crippen LogP contribution in [0.1, 0.15) is 24.1 Å². The first-order chi connectivity index (χ1) is 13.2. The molecule has 0 saturated heterocycles. The van der Waals surface area contributed by atoms with Crippen LogP contribution in [0.4, 0.5) is 18.9 Å². The highest BCUT2D eigenvalue weighted by atomic mass is 19.4. The number of benzene rings is 2. The van der Waals surface area contributed by atoms with E-state index in [4.69, 9.17) is 0 Å². The molecule has 2 rings (SSSR count). The van der Waals surface area contributed by atoms with E-state index in [0.29, 0.717) is 12.2 Å². The summed E-state index contributed by atoms with van der Waals surface area (Å²) in [4.78, 5) is 14.7. The predicted molar refractivity (Wildman–Crippen MR) is 98.8 cm³/mol. The van der Waals surface area contributed by atoms with Gasteiger partial charge in [-0.15, -0.1) is 0 Å². The summed E-state index contributed by atoms with van der Waals surface area (Å²) in [5.74, 6) is -0.508. The molecule has 148 valence electrons. The zero-order valence-corrected chi connectivity index (χ0v) is 15.5. The van der Waals surface area contributed by atoms with E-state index in [-0.39, 0.29) is 17.2 Å². The van der Waals surface area contributed by atoms with E-state index >= 15 is 0 Å². The van der Waals surface area contributed by atoms with Crippen LogP contribution in [-0.4, -0.2) is 37.2 Å². The molecule has 1 atom stereocenters. The smallest absolute Gasteiger partial charge is 0.422 e. The second-order valence-corrected chi connectivity index (χ2v) is 6.10. The summed E-state index contributed by atoms with van der Waals surface area (Å²) in [6.45, 7) is 1.05. The van der Waals surface area contributed by atoms with E-state index in [2.05, 4.69) is 10.1 Å². The highest BCUT2D eigenvalue weighted by Crippen LogP contribution is 2.26. The second-order valence-electron chi connectivity index (χ2n) is 6.10. The molecule has 5 nitrogen and oxygen atoms in total. The van der Waals surface area contributed by atoms with Gasteiger partial charge in [0.25, 0.3) is 0 Å². The lowest BCUT2D eigenvalue weighted by Crippen LogP contribution is -2.34. The molecule has 1 unspecified atom stereocenters. The molecule has 8 heteroatoms. The van der Waals surface area contributed by atoms with Crippen LogP contribution in [0.25, 0.3) is 0 Å². The summed E-state index contributed by atoms with van der Waals surface area (Å²) in [6.07, 6.45) is -4.51. The van der Waals surface area contributed by atoms with Crippen LogP contribution in [0.3, 0.4) is 0 Å². The molecule has 0 fully saturated rings. The third-order valence-electron chi connectivity index (χ3n) is 4.06. The largest absolute Gasteiger partial charge is 0.483 e. The van der Waals surface area contributed by atoms with E-state index in [1.165, 1.54) is 18.2 Å². The molecule has 0 aliphatic heterocycles. The Bertz CT molecular complexity index is 848. The molecule has 0 saturated carbocycles. The molecular weight excluding hydrogens is 371 g/mol. The lowest BCUT2D eigenvalue weighted by Gasteiger charge is -2.26. The third kappa shape index (κ3) is 5.72. The van der Waals surface area contributed by atoms with Crippen molar-refractivity contribution in [2.24, 2.45) is 0 Å². The van der Waals surface area contributed by atoms with Gasteiger partial charge >= 0.3 is 6.18 Å². The van der Waals surface area contributed by atoms with Crippen molar-refractivity contribution in [2.45, 2.75) is 19.1 Å². The number of anilines is 1. The van der Waals surface area contributed by atoms with Crippen LogP contribution in [0.5, 0.6) is 5.75 Å². The number of carbonyl (C=O) groups excluding carboxylic acids is 1. The van der Waals surface area contributed by atoms with Crippen LogP contribution in [0.15, 0.2) is 48.5 Å². The van der Waals surface area contributed by atoms with Crippen LogP contribution < -0.4 is 10.1 Å². The number of hydrogen-bond acceptors (Lipinski definition) is 4. The fourth-order valence-electron chi connectivity index (χ4n) is 2.62. The van der Waals surface area contributed by atoms with Gasteiger partial charge in [-0.1, -0.05) is 37.3 Å². The molecule has 1 N–H and O–H groups in total. The summed E-state index contributed by atoms with van der Waals surface area (Å²) in [5.41, 5.74) is 1.00. The number of amides is 1. The zero-order valence-electron chi connectivity index (χ0n) is 15.5. The Morgan fingerprint density at radius 2 is 1.93 bits per heavy atom. The summed E-state index contributed by atoms with van der Waals surface area (Å²) in [6, 6.07) is 14.3. The van der Waals surface area contributed by atoms with Gasteiger partial charge in [-0.2, -0.15) is 18.4 Å². The van der Waals surface area contributed by atoms with Crippen LogP contribution in [0, 0.1) is 11.3 Å². The van der Waals surface area contributed by atoms with Gasteiger partial charge < -0.3 is 10.1 Å². The van der Waals surface area contributed by atoms with Gasteiger partial charge in [0.2, 0.25) is 5.91 Å². The fraction of sp³-hybridized carbons (Fsp3) is 0.300. The first kappa shape index (κ1) is 21.3. The maximum absolute atomic E-state index is 12.8. The van der Waals surface area contributed by atoms with Crippen LogP contribution >= 0.6 is 0 Å². The standard InChI is InChI=1S/C20H20F3N3O2/c1-3-26(2)18(14-7-5-4-6-8-14)19(27)25-16-9-10-17(15(11-16)12-24)28-13-20(21,22)23/h4-11,18H,3,13H2,1-2H3,(H,25,27). The van der Waals surface area contributed by atoms with Gasteiger partial charge in [0, 0.05) is 5.69 Å². The van der Waals surface area contributed by atoms with Crippen LogP contribution in [0.2, 0.25) is 0 Å². The molecule has 2 aromatic carbocycles. The number of hydrogen-bond donors (Lipinski definition) is 1. The van der Waals surface area contributed by atoms with Gasteiger partial charge in [-0.05, 0) is 37.4 Å². The van der Waals surface area contributed by atoms with Gasteiger partial charge in [-0.3, -0.25) is 9.69 Å². The monoisotopic (exact) mass is 391 g/mol. The lowest BCUT2D eigenvalue weighted by molar-refractivity contribution is -0.153. The van der Waals surface area contributed by atoms with Crippen molar-refractivity contribution < 1.29 is 22.7 Å². The number of carbonyl (C=O) groups is 1. The van der Waals surface area contributed by atoms with Gasteiger partial charge in [0.15, 0.2) is 6.61 Å². The highest BCUT2D eigenvalue weighted by molar-refractivity contribution is 5.95. The van der Waals surface area contributed by atoms with Crippen molar-refractivity contribution in [3.63, 3.8) is 0 Å². The fourth-order valence-corrected chi connectivity index (χ4v) is 2.62. The molecule has 0 radical (unpaired) electrons. The number of likely N-dealkylation sites (N-methyl/N-ethyl adjacent to an activating group) is 1. The Kier molecular flexibility index (Phi) is 7.01. The molecule has 2 aromatic rings. The highest BCUT2D eigenvalue weighted by Gasteiger charge is 2.29. The summed E-state index contributed by atoms with van der Waals surface area (Å²) in [7, 11) is 1.81. The molecule has 0 bridgehead atoms. The molecule has 0 heterocycles. The van der Waals surface area contributed by atoms with Crippen molar-refractivity contribution in [2.75, 3.05) is 25.5 Å². The van der Waals surface area contributed by atoms with E-state index in [9.17, 15) is 23.2 Å². The molecule has 0 aliphatic carbocycles. The number of rotatable bonds is 7. The van der Waals surface area contributed by atoms with Gasteiger partial charge in [-0.25, -0.2) is 0 Å². The Labute approximate surface area is 161 Å². The zero-order chi connectivity index (χ0) is 20.7. The normalized spacial score (nSPS) is 12.3. The van der Waals surface area contributed by atoms with E-state index in [1.54, 1.807) is 6.07 Å².